The largest absolute Gasteiger partial charge is 0.481 e. The molecule has 100 valence electrons. The van der Waals surface area contributed by atoms with Gasteiger partial charge in [0.2, 0.25) is 0 Å². The molecule has 1 aromatic carbocycles. The van der Waals surface area contributed by atoms with Gasteiger partial charge in [-0.2, -0.15) is 5.10 Å². The maximum atomic E-state index is 13.6. The normalized spacial score (nSPS) is 10.7. The maximum Gasteiger partial charge on any atom is 0.307 e. The van der Waals surface area contributed by atoms with E-state index in [4.69, 9.17) is 5.11 Å². The number of rotatable bonds is 4. The Balaban J connectivity index is 2.32. The zero-order chi connectivity index (χ0) is 14.0. The first-order chi connectivity index (χ1) is 8.99. The van der Waals surface area contributed by atoms with Crippen molar-refractivity contribution in [2.24, 2.45) is 0 Å². The van der Waals surface area contributed by atoms with E-state index < -0.39 is 5.97 Å². The van der Waals surface area contributed by atoms with Crippen LogP contribution in [0.25, 0.3) is 0 Å². The summed E-state index contributed by atoms with van der Waals surface area (Å²) in [6.07, 6.45) is -0.0606. The quantitative estimate of drug-likeness (QED) is 0.920. The first kappa shape index (κ1) is 13.3. The van der Waals surface area contributed by atoms with Crippen LogP contribution in [0.1, 0.15) is 22.5 Å². The fraction of sp³-hybridized carbons (Fsp3) is 0.286. The molecule has 4 nitrogen and oxygen atoms in total. The molecule has 0 unspecified atom stereocenters. The monoisotopic (exact) mass is 262 g/mol. The van der Waals surface area contributed by atoms with E-state index >= 15 is 0 Å². The lowest BCUT2D eigenvalue weighted by atomic mass is 10.1. The molecule has 0 spiro atoms. The van der Waals surface area contributed by atoms with Crippen molar-refractivity contribution in [1.82, 2.24) is 9.78 Å². The standard InChI is InChI=1S/C14H15FN2O2/c1-9-12(7-14(18)19)10(2)17(16-9)8-11-5-3-4-6-13(11)15/h3-6H,7-8H2,1-2H3,(H,18,19). The van der Waals surface area contributed by atoms with Gasteiger partial charge in [-0.3, -0.25) is 9.48 Å². The number of carboxylic acids is 1. The van der Waals surface area contributed by atoms with Crippen LogP contribution in [0.15, 0.2) is 24.3 Å². The number of hydrogen-bond acceptors (Lipinski definition) is 2. The summed E-state index contributed by atoms with van der Waals surface area (Å²) >= 11 is 0. The Labute approximate surface area is 110 Å². The van der Waals surface area contributed by atoms with Crippen LogP contribution < -0.4 is 0 Å². The number of carboxylic acid groups (broad SMARTS) is 1. The van der Waals surface area contributed by atoms with E-state index in [-0.39, 0.29) is 12.2 Å². The summed E-state index contributed by atoms with van der Waals surface area (Å²) in [5, 5.41) is 13.1. The summed E-state index contributed by atoms with van der Waals surface area (Å²) in [7, 11) is 0. The van der Waals surface area contributed by atoms with Crippen molar-refractivity contribution in [3.63, 3.8) is 0 Å². The van der Waals surface area contributed by atoms with E-state index in [2.05, 4.69) is 5.10 Å². The molecular formula is C14H15FN2O2. The van der Waals surface area contributed by atoms with Crippen molar-refractivity contribution in [2.45, 2.75) is 26.8 Å². The molecule has 2 rings (SSSR count). The SMILES string of the molecule is Cc1nn(Cc2ccccc2F)c(C)c1CC(=O)O. The highest BCUT2D eigenvalue weighted by Gasteiger charge is 2.15. The van der Waals surface area contributed by atoms with Crippen LogP contribution in [0.2, 0.25) is 0 Å². The lowest BCUT2D eigenvalue weighted by Gasteiger charge is -2.06. The molecule has 0 bridgehead atoms. The molecule has 0 aliphatic heterocycles. The molecule has 0 saturated carbocycles. The predicted molar refractivity (Wildman–Crippen MR) is 68.5 cm³/mol. The van der Waals surface area contributed by atoms with Gasteiger partial charge in [-0.25, -0.2) is 4.39 Å². The van der Waals surface area contributed by atoms with Gasteiger partial charge >= 0.3 is 5.97 Å². The third kappa shape index (κ3) is 2.81. The smallest absolute Gasteiger partial charge is 0.307 e. The number of benzene rings is 1. The van der Waals surface area contributed by atoms with Crippen LogP contribution in [0.3, 0.4) is 0 Å². The highest BCUT2D eigenvalue weighted by Crippen LogP contribution is 2.16. The number of aryl methyl sites for hydroxylation is 1. The van der Waals surface area contributed by atoms with Gasteiger partial charge in [0.1, 0.15) is 5.82 Å². The Morgan fingerprint density at radius 2 is 2.05 bits per heavy atom. The average molecular weight is 262 g/mol. The van der Waals surface area contributed by atoms with Crippen LogP contribution in [0, 0.1) is 19.7 Å². The van der Waals surface area contributed by atoms with Crippen molar-refractivity contribution in [3.05, 3.63) is 52.6 Å². The Hall–Kier alpha value is -2.17. The van der Waals surface area contributed by atoms with Gasteiger partial charge < -0.3 is 5.11 Å². The molecule has 1 heterocycles. The highest BCUT2D eigenvalue weighted by molar-refractivity contribution is 5.70. The van der Waals surface area contributed by atoms with Gasteiger partial charge in [0.05, 0.1) is 18.7 Å². The average Bonchev–Trinajstić information content (AvgIpc) is 2.60. The van der Waals surface area contributed by atoms with E-state index in [0.29, 0.717) is 23.4 Å². The Morgan fingerprint density at radius 1 is 1.37 bits per heavy atom. The first-order valence-electron chi connectivity index (χ1n) is 5.97. The van der Waals surface area contributed by atoms with Crippen LogP contribution in [0.4, 0.5) is 4.39 Å². The summed E-state index contributed by atoms with van der Waals surface area (Å²) < 4.78 is 15.2. The lowest BCUT2D eigenvalue weighted by Crippen LogP contribution is -2.07. The molecule has 19 heavy (non-hydrogen) atoms. The zero-order valence-corrected chi connectivity index (χ0v) is 10.9. The molecule has 5 heteroatoms. The molecule has 2 aromatic rings. The fourth-order valence-corrected chi connectivity index (χ4v) is 2.08. The Morgan fingerprint density at radius 3 is 2.68 bits per heavy atom. The van der Waals surface area contributed by atoms with Crippen LogP contribution in [0.5, 0.6) is 0 Å². The minimum absolute atomic E-state index is 0.0606. The van der Waals surface area contributed by atoms with Crippen molar-refractivity contribution in [2.75, 3.05) is 0 Å². The molecule has 0 atom stereocenters. The lowest BCUT2D eigenvalue weighted by molar-refractivity contribution is -0.136. The van der Waals surface area contributed by atoms with Gasteiger partial charge in [-0.15, -0.1) is 0 Å². The van der Waals surface area contributed by atoms with Crippen LogP contribution in [-0.2, 0) is 17.8 Å². The van der Waals surface area contributed by atoms with Crippen molar-refractivity contribution >= 4 is 5.97 Å². The molecule has 1 N–H and O–H groups in total. The molecule has 0 saturated heterocycles. The first-order valence-corrected chi connectivity index (χ1v) is 5.97. The van der Waals surface area contributed by atoms with Crippen molar-refractivity contribution < 1.29 is 14.3 Å². The van der Waals surface area contributed by atoms with Gasteiger partial charge in [0.25, 0.3) is 0 Å². The summed E-state index contributed by atoms with van der Waals surface area (Å²) in [4.78, 5) is 10.8. The number of aliphatic carboxylic acids is 1. The summed E-state index contributed by atoms with van der Waals surface area (Å²) in [6.45, 7) is 3.88. The second-order valence-electron chi connectivity index (χ2n) is 4.47. The third-order valence-corrected chi connectivity index (χ3v) is 3.14. The summed E-state index contributed by atoms with van der Waals surface area (Å²) in [5.74, 6) is -1.17. The summed E-state index contributed by atoms with van der Waals surface area (Å²) in [6, 6.07) is 6.50. The highest BCUT2D eigenvalue weighted by atomic mass is 19.1. The molecule has 0 radical (unpaired) electrons. The second-order valence-corrected chi connectivity index (χ2v) is 4.47. The summed E-state index contributed by atoms with van der Waals surface area (Å²) in [5.41, 5.74) is 2.68. The number of hydrogen-bond donors (Lipinski definition) is 1. The van der Waals surface area contributed by atoms with Gasteiger partial charge in [0, 0.05) is 16.8 Å². The van der Waals surface area contributed by atoms with Gasteiger partial charge in [-0.05, 0) is 19.9 Å². The molecule has 0 amide bonds. The Kier molecular flexibility index (Phi) is 3.64. The predicted octanol–water partition coefficient (Wildman–Crippen LogP) is 2.31. The van der Waals surface area contributed by atoms with E-state index in [1.165, 1.54) is 6.07 Å². The number of aromatic nitrogens is 2. The Bertz CT molecular complexity index is 620. The van der Waals surface area contributed by atoms with Gasteiger partial charge in [-0.1, -0.05) is 18.2 Å². The topological polar surface area (TPSA) is 55.1 Å². The van der Waals surface area contributed by atoms with E-state index in [0.717, 1.165) is 5.69 Å². The number of carbonyl (C=O) groups is 1. The molecule has 0 aliphatic carbocycles. The van der Waals surface area contributed by atoms with Gasteiger partial charge in [0.15, 0.2) is 0 Å². The maximum absolute atomic E-state index is 13.6. The minimum Gasteiger partial charge on any atom is -0.481 e. The number of halogens is 1. The van der Waals surface area contributed by atoms with Crippen LogP contribution in [-0.4, -0.2) is 20.9 Å². The van der Waals surface area contributed by atoms with Crippen molar-refractivity contribution in [3.8, 4) is 0 Å². The third-order valence-electron chi connectivity index (χ3n) is 3.14. The van der Waals surface area contributed by atoms with E-state index in [1.807, 2.05) is 0 Å². The van der Waals surface area contributed by atoms with E-state index in [9.17, 15) is 9.18 Å². The zero-order valence-electron chi connectivity index (χ0n) is 10.9. The molecule has 0 aliphatic rings. The fourth-order valence-electron chi connectivity index (χ4n) is 2.08. The second kappa shape index (κ2) is 5.22. The molecule has 0 fully saturated rings. The van der Waals surface area contributed by atoms with Crippen molar-refractivity contribution in [1.29, 1.82) is 0 Å². The molecule has 1 aromatic heterocycles. The molecular weight excluding hydrogens is 247 g/mol. The number of nitrogens with zero attached hydrogens (tertiary/aromatic N) is 2. The van der Waals surface area contributed by atoms with Crippen LogP contribution >= 0.6 is 0 Å². The van der Waals surface area contributed by atoms with E-state index in [1.54, 1.807) is 36.7 Å². The minimum atomic E-state index is -0.892.